The topological polar surface area (TPSA) is 97.0 Å². The normalized spacial score (nSPS) is 12.7. The predicted molar refractivity (Wildman–Crippen MR) is 104 cm³/mol. The molecule has 0 saturated heterocycles. The lowest BCUT2D eigenvalue weighted by molar-refractivity contribution is 0.195. The molecule has 3 aromatic rings. The third-order valence-corrected chi connectivity index (χ3v) is 5.34. The average molecular weight is 459 g/mol. The van der Waals surface area contributed by atoms with E-state index in [-0.39, 0.29) is 13.0 Å². The van der Waals surface area contributed by atoms with Crippen LogP contribution in [-0.4, -0.2) is 20.2 Å². The van der Waals surface area contributed by atoms with Crippen molar-refractivity contribution in [1.29, 1.82) is 0 Å². The van der Waals surface area contributed by atoms with Crippen LogP contribution >= 0.6 is 50.3 Å². The maximum atomic E-state index is 11.8. The zero-order chi connectivity index (χ0) is 19.4. The number of fused-ring (bicyclic) bond motifs is 3. The summed E-state index contributed by atoms with van der Waals surface area (Å²) in [6, 6.07) is 15.3. The summed E-state index contributed by atoms with van der Waals surface area (Å²) in [5.74, 6) is 0. The Morgan fingerprint density at radius 3 is 2.23 bits per heavy atom. The van der Waals surface area contributed by atoms with E-state index in [1.54, 1.807) is 0 Å². The van der Waals surface area contributed by atoms with E-state index >= 15 is 0 Å². The second-order valence-corrected chi connectivity index (χ2v) is 9.98. The van der Waals surface area contributed by atoms with Gasteiger partial charge in [-0.15, -0.1) is 0 Å². The van der Waals surface area contributed by atoms with Gasteiger partial charge < -0.3 is 9.79 Å². The first-order valence-electron chi connectivity index (χ1n) is 7.17. The van der Waals surface area contributed by atoms with Crippen molar-refractivity contribution in [3.05, 3.63) is 48.5 Å². The van der Waals surface area contributed by atoms with Crippen molar-refractivity contribution in [3.63, 3.8) is 0 Å². The Morgan fingerprint density at radius 1 is 1.04 bits per heavy atom. The fourth-order valence-corrected chi connectivity index (χ4v) is 3.64. The summed E-state index contributed by atoms with van der Waals surface area (Å²) in [5.41, 5.74) is 0.706. The number of halogens is 3. The van der Waals surface area contributed by atoms with Crippen LogP contribution in [0.25, 0.3) is 21.5 Å². The predicted octanol–water partition coefficient (Wildman–Crippen LogP) is 6.18. The maximum Gasteiger partial charge on any atom is 0.597 e. The Hall–Kier alpha value is -0.680. The molecule has 1 unspecified atom stereocenters. The minimum absolute atomic E-state index is 0.0667. The van der Waals surface area contributed by atoms with Crippen molar-refractivity contribution >= 4 is 71.8 Å². The van der Waals surface area contributed by atoms with Crippen LogP contribution in [0.15, 0.2) is 52.7 Å². The number of phosphoric ester groups is 1. The maximum absolute atomic E-state index is 11.8. The van der Waals surface area contributed by atoms with E-state index in [1.807, 2.05) is 48.5 Å². The molecule has 0 bridgehead atoms. The first kappa shape index (κ1) is 21.6. The third kappa shape index (κ3) is 6.80. The highest BCUT2D eigenvalue weighted by Gasteiger charge is 2.22. The van der Waals surface area contributed by atoms with Crippen LogP contribution in [0, 0.1) is 0 Å². The Labute approximate surface area is 164 Å². The third-order valence-electron chi connectivity index (χ3n) is 3.10. The van der Waals surface area contributed by atoms with Crippen LogP contribution in [0.5, 0.6) is 0 Å². The molecule has 0 aliphatic carbocycles. The van der Waals surface area contributed by atoms with E-state index in [9.17, 15) is 9.13 Å². The molecule has 140 valence electrons. The van der Waals surface area contributed by atoms with Gasteiger partial charge in [-0.05, 0) is 22.8 Å². The molecule has 0 aliphatic rings. The lowest BCUT2D eigenvalue weighted by atomic mass is 10.1. The molecule has 0 aliphatic heterocycles. The molecule has 2 N–H and O–H groups in total. The van der Waals surface area contributed by atoms with Crippen LogP contribution in [0.4, 0.5) is 0 Å². The molecule has 0 fully saturated rings. The molecule has 1 aromatic heterocycles. The molecule has 0 spiro atoms. The van der Waals surface area contributed by atoms with E-state index in [4.69, 9.17) is 48.8 Å². The largest absolute Gasteiger partial charge is 0.597 e. The second kappa shape index (κ2) is 9.01. The van der Waals surface area contributed by atoms with Crippen molar-refractivity contribution in [2.75, 3.05) is 6.61 Å². The van der Waals surface area contributed by atoms with Gasteiger partial charge in [0, 0.05) is 17.2 Å². The van der Waals surface area contributed by atoms with Crippen LogP contribution < -0.4 is 0 Å². The summed E-state index contributed by atoms with van der Waals surface area (Å²) in [4.78, 5) is 16.3. The summed E-state index contributed by atoms with van der Waals surface area (Å²) in [5, 5.41) is 2.81. The fraction of sp³-hybridized carbons (Fsp3) is 0.200. The highest BCUT2D eigenvalue weighted by atomic mass is 35.6. The summed E-state index contributed by atoms with van der Waals surface area (Å²) in [6.07, 6.45) is -0.0667. The Balaban J connectivity index is 0.000000199. The molecule has 6 nitrogen and oxygen atoms in total. The van der Waals surface area contributed by atoms with Crippen molar-refractivity contribution in [2.45, 2.75) is 10.2 Å². The van der Waals surface area contributed by atoms with Gasteiger partial charge in [0.25, 0.3) is 0 Å². The zero-order valence-corrected chi connectivity index (χ0v) is 17.1. The van der Waals surface area contributed by atoms with Gasteiger partial charge >= 0.3 is 15.5 Å². The standard InChI is InChI=1S/C12H8O2P.C3H6Cl3O4P/c13-15-12-8-4-2-6-10(12)9-5-1-3-7-11(9)14-15;4-3(5,6)1-2-10-11(7,8)9/h1-8H;1-2H2,(H2,7,8,9)/q+1;. The molecule has 0 amide bonds. The van der Waals surface area contributed by atoms with Gasteiger partial charge in [0.1, 0.15) is 0 Å². The van der Waals surface area contributed by atoms with Gasteiger partial charge in [-0.2, -0.15) is 0 Å². The lowest BCUT2D eigenvalue weighted by Gasteiger charge is -2.10. The van der Waals surface area contributed by atoms with Crippen LogP contribution in [-0.2, 0) is 13.7 Å². The molecule has 1 heterocycles. The minimum Gasteiger partial charge on any atom is -0.303 e. The smallest absolute Gasteiger partial charge is 0.303 e. The molecule has 0 radical (unpaired) electrons. The number of alkyl halides is 3. The Kier molecular flexibility index (Phi) is 7.49. The number of hydrogen-bond acceptors (Lipinski definition) is 4. The summed E-state index contributed by atoms with van der Waals surface area (Å²) in [6.45, 7) is -0.291. The number of phosphoric acid groups is 1. The number of hydrogen-bond donors (Lipinski definition) is 2. The van der Waals surface area contributed by atoms with Gasteiger partial charge in [-0.1, -0.05) is 65.1 Å². The van der Waals surface area contributed by atoms with E-state index in [1.165, 1.54) is 0 Å². The van der Waals surface area contributed by atoms with Crippen LogP contribution in [0.3, 0.4) is 0 Å². The lowest BCUT2D eigenvalue weighted by Crippen LogP contribution is -2.06. The highest BCUT2D eigenvalue weighted by Crippen LogP contribution is 2.38. The average Bonchev–Trinajstić information content (AvgIpc) is 2.53. The molecular weight excluding hydrogens is 444 g/mol. The first-order valence-corrected chi connectivity index (χ1v) is 11.0. The molecule has 26 heavy (non-hydrogen) atoms. The van der Waals surface area contributed by atoms with Gasteiger partial charge in [-0.3, -0.25) is 4.52 Å². The Bertz CT molecular complexity index is 996. The van der Waals surface area contributed by atoms with Crippen molar-refractivity contribution in [1.82, 2.24) is 0 Å². The number of para-hydroxylation sites is 1. The summed E-state index contributed by atoms with van der Waals surface area (Å²) in [7, 11) is -6.17. The first-order chi connectivity index (χ1) is 12.1. The molecule has 2 aromatic carbocycles. The van der Waals surface area contributed by atoms with Crippen LogP contribution in [0.2, 0.25) is 0 Å². The minimum atomic E-state index is -4.43. The SMILES string of the molecule is O=P(O)(O)OCCC(Cl)(Cl)Cl.O=[p+]1oc2ccccc2c2ccccc21. The zero-order valence-electron chi connectivity index (χ0n) is 13.1. The number of benzene rings is 2. The van der Waals surface area contributed by atoms with E-state index < -0.39 is 19.3 Å². The molecule has 3 rings (SSSR count). The number of rotatable bonds is 3. The van der Waals surface area contributed by atoms with E-state index in [0.717, 1.165) is 15.9 Å². The second-order valence-electron chi connectivity index (χ2n) is 5.05. The van der Waals surface area contributed by atoms with E-state index in [0.29, 0.717) is 5.58 Å². The molecule has 0 saturated carbocycles. The van der Waals surface area contributed by atoms with Crippen molar-refractivity contribution < 1.29 is 27.6 Å². The highest BCUT2D eigenvalue weighted by molar-refractivity contribution is 7.46. The van der Waals surface area contributed by atoms with Gasteiger partial charge in [-0.25, -0.2) is 8.76 Å². The molecular formula is C15H14Cl3O6P2+. The van der Waals surface area contributed by atoms with Crippen molar-refractivity contribution in [2.24, 2.45) is 0 Å². The van der Waals surface area contributed by atoms with Gasteiger partial charge in [0.15, 0.2) is 9.38 Å². The summed E-state index contributed by atoms with van der Waals surface area (Å²) < 4.78 is 29.7. The molecule has 1 atom stereocenters. The van der Waals surface area contributed by atoms with E-state index in [2.05, 4.69) is 4.52 Å². The summed E-state index contributed by atoms with van der Waals surface area (Å²) >= 11 is 15.8. The monoisotopic (exact) mass is 457 g/mol. The van der Waals surface area contributed by atoms with Crippen LogP contribution in [0.1, 0.15) is 6.42 Å². The quantitative estimate of drug-likeness (QED) is 0.276. The van der Waals surface area contributed by atoms with Gasteiger partial charge in [0.2, 0.25) is 5.12 Å². The molecule has 11 heteroatoms. The fourth-order valence-electron chi connectivity index (χ4n) is 2.05. The Morgan fingerprint density at radius 2 is 1.62 bits per heavy atom. The van der Waals surface area contributed by atoms with Crippen molar-refractivity contribution in [3.8, 4) is 0 Å². The van der Waals surface area contributed by atoms with Gasteiger partial charge in [0.05, 0.1) is 6.61 Å².